The van der Waals surface area contributed by atoms with Gasteiger partial charge in [-0.05, 0) is 32.9 Å². The number of hydrogen-bond donors (Lipinski definition) is 0. The van der Waals surface area contributed by atoms with Crippen LogP contribution in [0, 0.1) is 0 Å². The first-order valence-corrected chi connectivity index (χ1v) is 6.60. The first-order valence-electron chi connectivity index (χ1n) is 5.81. The molecule has 1 heterocycles. The van der Waals surface area contributed by atoms with Crippen LogP contribution in [0.2, 0.25) is 0 Å². The fourth-order valence-electron chi connectivity index (χ4n) is 1.78. The van der Waals surface area contributed by atoms with Crippen LogP contribution in [0.25, 0.3) is 10.9 Å². The van der Waals surface area contributed by atoms with E-state index < -0.39 is 11.7 Å². The van der Waals surface area contributed by atoms with Crippen molar-refractivity contribution >= 4 is 39.2 Å². The summed E-state index contributed by atoms with van der Waals surface area (Å²) in [5.74, 6) is 0. The van der Waals surface area contributed by atoms with Gasteiger partial charge in [-0.3, -0.25) is 9.36 Å². The highest BCUT2D eigenvalue weighted by Crippen LogP contribution is 2.25. The monoisotopic (exact) mass is 323 g/mol. The number of hydrogen-bond acceptors (Lipinski definition) is 3. The van der Waals surface area contributed by atoms with Crippen molar-refractivity contribution in [1.29, 1.82) is 0 Å². The minimum absolute atomic E-state index is 0.466. The van der Waals surface area contributed by atoms with Gasteiger partial charge >= 0.3 is 6.09 Å². The van der Waals surface area contributed by atoms with Crippen molar-refractivity contribution in [1.82, 2.24) is 4.57 Å². The van der Waals surface area contributed by atoms with E-state index in [0.717, 1.165) is 16.1 Å². The first kappa shape index (κ1) is 13.8. The zero-order valence-electron chi connectivity index (χ0n) is 10.9. The Bertz CT molecular complexity index is 652. The number of aldehydes is 1. The van der Waals surface area contributed by atoms with Gasteiger partial charge in [0.1, 0.15) is 5.60 Å². The molecule has 0 spiro atoms. The third kappa shape index (κ3) is 2.87. The van der Waals surface area contributed by atoms with Gasteiger partial charge in [-0.1, -0.05) is 22.0 Å². The maximum Gasteiger partial charge on any atom is 0.419 e. The lowest BCUT2D eigenvalue weighted by molar-refractivity contribution is 0.0544. The molecule has 4 nitrogen and oxygen atoms in total. The van der Waals surface area contributed by atoms with Crippen molar-refractivity contribution in [3.05, 3.63) is 34.4 Å². The Labute approximate surface area is 119 Å². The number of fused-ring (bicyclic) bond motifs is 1. The summed E-state index contributed by atoms with van der Waals surface area (Å²) in [5.41, 5.74) is 0.528. The third-order valence-corrected chi connectivity index (χ3v) is 3.01. The van der Waals surface area contributed by atoms with Crippen LogP contribution in [0.15, 0.2) is 28.9 Å². The van der Waals surface area contributed by atoms with Crippen molar-refractivity contribution in [3.8, 4) is 0 Å². The smallest absolute Gasteiger partial charge is 0.419 e. The minimum atomic E-state index is -0.582. The second kappa shape index (κ2) is 4.81. The van der Waals surface area contributed by atoms with Gasteiger partial charge in [-0.15, -0.1) is 0 Å². The van der Waals surface area contributed by atoms with Gasteiger partial charge in [0.15, 0.2) is 6.29 Å². The molecule has 19 heavy (non-hydrogen) atoms. The van der Waals surface area contributed by atoms with Crippen LogP contribution in [0.1, 0.15) is 31.1 Å². The van der Waals surface area contributed by atoms with Crippen molar-refractivity contribution in [2.24, 2.45) is 0 Å². The molecule has 0 amide bonds. The summed E-state index contributed by atoms with van der Waals surface area (Å²) in [4.78, 5) is 23.2. The SMILES string of the molecule is CC(C)(C)OC(=O)n1cc(C=O)c2ccc(Br)cc21. The fourth-order valence-corrected chi connectivity index (χ4v) is 2.13. The fraction of sp³-hybridized carbons (Fsp3) is 0.286. The van der Waals surface area contributed by atoms with Crippen LogP contribution in [0.5, 0.6) is 0 Å². The van der Waals surface area contributed by atoms with E-state index in [4.69, 9.17) is 4.74 Å². The molecule has 0 saturated heterocycles. The number of nitrogens with zero attached hydrogens (tertiary/aromatic N) is 1. The topological polar surface area (TPSA) is 48.3 Å². The maximum atomic E-state index is 12.1. The summed E-state index contributed by atoms with van der Waals surface area (Å²) >= 11 is 3.35. The highest BCUT2D eigenvalue weighted by atomic mass is 79.9. The Balaban J connectivity index is 2.57. The molecule has 100 valence electrons. The first-order chi connectivity index (χ1) is 8.81. The normalized spacial score (nSPS) is 11.6. The quantitative estimate of drug-likeness (QED) is 0.745. The summed E-state index contributed by atoms with van der Waals surface area (Å²) in [6, 6.07) is 5.41. The van der Waals surface area contributed by atoms with Gasteiger partial charge in [0.05, 0.1) is 5.52 Å². The van der Waals surface area contributed by atoms with Crippen LogP contribution < -0.4 is 0 Å². The van der Waals surface area contributed by atoms with Crippen molar-refractivity contribution in [3.63, 3.8) is 0 Å². The molecular formula is C14H14BrNO3. The second-order valence-electron chi connectivity index (χ2n) is 5.21. The Hall–Kier alpha value is -1.62. The standard InChI is InChI=1S/C14H14BrNO3/c1-14(2,3)19-13(18)16-7-9(8-17)11-5-4-10(15)6-12(11)16/h4-8H,1-3H3. The van der Waals surface area contributed by atoms with Gasteiger partial charge in [0.2, 0.25) is 0 Å². The average Bonchev–Trinajstić information content (AvgIpc) is 2.64. The van der Waals surface area contributed by atoms with Gasteiger partial charge in [0.25, 0.3) is 0 Å². The highest BCUT2D eigenvalue weighted by Gasteiger charge is 2.20. The summed E-state index contributed by atoms with van der Waals surface area (Å²) in [7, 11) is 0. The molecule has 0 aliphatic rings. The van der Waals surface area contributed by atoms with Gasteiger partial charge in [0, 0.05) is 21.6 Å². The zero-order chi connectivity index (χ0) is 14.2. The van der Waals surface area contributed by atoms with E-state index in [9.17, 15) is 9.59 Å². The predicted octanol–water partition coefficient (Wildman–Crippen LogP) is 4.00. The van der Waals surface area contributed by atoms with E-state index in [1.807, 2.05) is 6.07 Å². The number of halogens is 1. The summed E-state index contributed by atoms with van der Waals surface area (Å²) in [6.45, 7) is 5.40. The molecule has 0 fully saturated rings. The van der Waals surface area contributed by atoms with Crippen molar-refractivity contribution in [2.45, 2.75) is 26.4 Å². The lowest BCUT2D eigenvalue weighted by atomic mass is 10.2. The molecule has 5 heteroatoms. The summed E-state index contributed by atoms with van der Waals surface area (Å²) < 4.78 is 7.51. The van der Waals surface area contributed by atoms with Crippen molar-refractivity contribution in [2.75, 3.05) is 0 Å². The number of ether oxygens (including phenoxy) is 1. The summed E-state index contributed by atoms with van der Waals surface area (Å²) in [6.07, 6.45) is 1.73. The van der Waals surface area contributed by atoms with Crippen molar-refractivity contribution < 1.29 is 14.3 Å². The minimum Gasteiger partial charge on any atom is -0.443 e. The Kier molecular flexibility index (Phi) is 3.49. The number of rotatable bonds is 1. The Morgan fingerprint density at radius 2 is 2.05 bits per heavy atom. The Morgan fingerprint density at radius 3 is 2.63 bits per heavy atom. The molecule has 0 unspecified atom stereocenters. The van der Waals surface area contributed by atoms with E-state index in [0.29, 0.717) is 11.1 Å². The van der Waals surface area contributed by atoms with Crippen LogP contribution in [0.4, 0.5) is 4.79 Å². The van der Waals surface area contributed by atoms with E-state index in [2.05, 4.69) is 15.9 Å². The molecule has 0 saturated carbocycles. The Morgan fingerprint density at radius 1 is 1.37 bits per heavy atom. The molecule has 1 aromatic heterocycles. The number of carbonyl (C=O) groups is 2. The molecule has 1 aromatic carbocycles. The van der Waals surface area contributed by atoms with E-state index in [-0.39, 0.29) is 0 Å². The van der Waals surface area contributed by atoms with Crippen LogP contribution >= 0.6 is 15.9 Å². The number of carbonyl (C=O) groups excluding carboxylic acids is 2. The molecule has 0 aliphatic carbocycles. The molecule has 0 aliphatic heterocycles. The van der Waals surface area contributed by atoms with Crippen LogP contribution in [0.3, 0.4) is 0 Å². The number of aromatic nitrogens is 1. The van der Waals surface area contributed by atoms with Crippen LogP contribution in [-0.2, 0) is 4.74 Å². The molecule has 2 aromatic rings. The van der Waals surface area contributed by atoms with E-state index in [1.54, 1.807) is 32.9 Å². The lowest BCUT2D eigenvalue weighted by Gasteiger charge is -2.19. The van der Waals surface area contributed by atoms with E-state index in [1.165, 1.54) is 10.8 Å². The highest BCUT2D eigenvalue weighted by molar-refractivity contribution is 9.10. The largest absolute Gasteiger partial charge is 0.443 e. The summed E-state index contributed by atoms with van der Waals surface area (Å²) in [5, 5.41) is 0.726. The average molecular weight is 324 g/mol. The molecular weight excluding hydrogens is 310 g/mol. The second-order valence-corrected chi connectivity index (χ2v) is 6.13. The van der Waals surface area contributed by atoms with Gasteiger partial charge in [-0.25, -0.2) is 4.79 Å². The maximum absolute atomic E-state index is 12.1. The van der Waals surface area contributed by atoms with Crippen LogP contribution in [-0.4, -0.2) is 22.5 Å². The number of benzene rings is 1. The molecule has 0 N–H and O–H groups in total. The molecule has 0 atom stereocenters. The third-order valence-electron chi connectivity index (χ3n) is 2.52. The predicted molar refractivity (Wildman–Crippen MR) is 76.7 cm³/mol. The molecule has 2 rings (SSSR count). The molecule has 0 bridgehead atoms. The van der Waals surface area contributed by atoms with Gasteiger partial charge < -0.3 is 4.74 Å². The lowest BCUT2D eigenvalue weighted by Crippen LogP contribution is -2.26. The molecule has 0 radical (unpaired) electrons. The van der Waals surface area contributed by atoms with E-state index >= 15 is 0 Å². The zero-order valence-corrected chi connectivity index (χ0v) is 12.5. The van der Waals surface area contributed by atoms with Gasteiger partial charge in [-0.2, -0.15) is 0 Å².